The molecular formula is C20H21ClN2O2. The van der Waals surface area contributed by atoms with E-state index in [1.807, 2.05) is 47.4 Å². The minimum absolute atomic E-state index is 0.110. The van der Waals surface area contributed by atoms with Crippen LogP contribution >= 0.6 is 11.6 Å². The molecule has 1 amide bonds. The van der Waals surface area contributed by atoms with E-state index in [1.165, 1.54) is 5.56 Å². The third kappa shape index (κ3) is 3.65. The minimum Gasteiger partial charge on any atom is -0.480 e. The molecule has 0 bridgehead atoms. The van der Waals surface area contributed by atoms with Crippen LogP contribution in [0.2, 0.25) is 5.02 Å². The highest BCUT2D eigenvalue weighted by Gasteiger charge is 2.33. The van der Waals surface area contributed by atoms with Crippen molar-refractivity contribution < 1.29 is 9.53 Å². The summed E-state index contributed by atoms with van der Waals surface area (Å²) >= 11 is 6.05. The summed E-state index contributed by atoms with van der Waals surface area (Å²) in [5.74, 6) is 0.957. The summed E-state index contributed by atoms with van der Waals surface area (Å²) < 4.78 is 5.84. The number of para-hydroxylation sites is 1. The number of carbonyl (C=O) groups is 1. The molecule has 1 atom stereocenters. The highest BCUT2D eigenvalue weighted by atomic mass is 35.5. The largest absolute Gasteiger partial charge is 0.480 e. The van der Waals surface area contributed by atoms with Crippen LogP contribution < -0.4 is 4.74 Å². The highest BCUT2D eigenvalue weighted by Crippen LogP contribution is 2.29. The molecule has 1 unspecified atom stereocenters. The van der Waals surface area contributed by atoms with Crippen LogP contribution in [0.5, 0.6) is 5.75 Å². The summed E-state index contributed by atoms with van der Waals surface area (Å²) in [5, 5.41) is 0.768. The Hall–Kier alpha value is -2.04. The van der Waals surface area contributed by atoms with E-state index in [-0.39, 0.29) is 12.0 Å². The van der Waals surface area contributed by atoms with Gasteiger partial charge in [-0.1, -0.05) is 41.9 Å². The molecule has 2 aromatic rings. The molecule has 0 radical (unpaired) electrons. The number of benzene rings is 2. The quantitative estimate of drug-likeness (QED) is 0.847. The number of fused-ring (bicyclic) bond motifs is 1. The third-order valence-electron chi connectivity index (χ3n) is 4.90. The van der Waals surface area contributed by atoms with E-state index in [1.54, 1.807) is 0 Å². The zero-order valence-electron chi connectivity index (χ0n) is 14.0. The maximum Gasteiger partial charge on any atom is 0.264 e. The van der Waals surface area contributed by atoms with Crippen LogP contribution in [0.25, 0.3) is 0 Å². The van der Waals surface area contributed by atoms with E-state index in [9.17, 15) is 4.79 Å². The van der Waals surface area contributed by atoms with Crippen molar-refractivity contribution in [2.24, 2.45) is 0 Å². The fraction of sp³-hybridized carbons (Fsp3) is 0.350. The van der Waals surface area contributed by atoms with Crippen LogP contribution in [0.15, 0.2) is 48.5 Å². The lowest BCUT2D eigenvalue weighted by molar-refractivity contribution is -0.139. The van der Waals surface area contributed by atoms with Gasteiger partial charge < -0.3 is 9.64 Å². The Morgan fingerprint density at radius 1 is 1.08 bits per heavy atom. The van der Waals surface area contributed by atoms with Gasteiger partial charge in [-0.15, -0.1) is 0 Å². The van der Waals surface area contributed by atoms with Crippen LogP contribution in [0.3, 0.4) is 0 Å². The molecule has 2 aliphatic rings. The van der Waals surface area contributed by atoms with Gasteiger partial charge in [0.15, 0.2) is 6.10 Å². The second-order valence-corrected chi connectivity index (χ2v) is 7.09. The van der Waals surface area contributed by atoms with Crippen LogP contribution in [-0.4, -0.2) is 48.0 Å². The number of rotatable bonds is 3. The van der Waals surface area contributed by atoms with Gasteiger partial charge in [0.05, 0.1) is 0 Å². The van der Waals surface area contributed by atoms with E-state index in [0.717, 1.165) is 49.1 Å². The summed E-state index contributed by atoms with van der Waals surface area (Å²) in [6.07, 6.45) is 0.314. The average molecular weight is 357 g/mol. The average Bonchev–Trinajstić information content (AvgIpc) is 3.06. The van der Waals surface area contributed by atoms with Crippen molar-refractivity contribution in [3.8, 4) is 5.75 Å². The first-order valence-corrected chi connectivity index (χ1v) is 9.07. The van der Waals surface area contributed by atoms with Crippen molar-refractivity contribution in [1.82, 2.24) is 9.80 Å². The Morgan fingerprint density at radius 2 is 1.88 bits per heavy atom. The van der Waals surface area contributed by atoms with Gasteiger partial charge in [-0.3, -0.25) is 9.69 Å². The maximum atomic E-state index is 12.7. The number of hydrogen-bond acceptors (Lipinski definition) is 3. The number of amides is 1. The smallest absolute Gasteiger partial charge is 0.264 e. The van der Waals surface area contributed by atoms with Crippen LogP contribution in [0, 0.1) is 0 Å². The van der Waals surface area contributed by atoms with E-state index in [0.29, 0.717) is 6.42 Å². The predicted molar refractivity (Wildman–Crippen MR) is 97.9 cm³/mol. The molecule has 1 saturated heterocycles. The van der Waals surface area contributed by atoms with Crippen LogP contribution in [-0.2, 0) is 17.8 Å². The SMILES string of the molecule is O=C(C1Cc2ccccc2O1)N1CCN(Cc2cccc(Cl)c2)CC1. The lowest BCUT2D eigenvalue weighted by Crippen LogP contribution is -2.51. The molecule has 2 heterocycles. The summed E-state index contributed by atoms with van der Waals surface area (Å²) in [6, 6.07) is 15.9. The van der Waals surface area contributed by atoms with Gasteiger partial charge in [0, 0.05) is 44.2 Å². The third-order valence-corrected chi connectivity index (χ3v) is 5.14. The van der Waals surface area contributed by atoms with E-state index in [2.05, 4.69) is 11.0 Å². The van der Waals surface area contributed by atoms with Crippen LogP contribution in [0.4, 0.5) is 0 Å². The van der Waals surface area contributed by atoms with E-state index in [4.69, 9.17) is 16.3 Å². The van der Waals surface area contributed by atoms with Gasteiger partial charge in [0.2, 0.25) is 0 Å². The summed E-state index contributed by atoms with van der Waals surface area (Å²) in [7, 11) is 0. The Bertz CT molecular complexity index is 747. The van der Waals surface area contributed by atoms with Gasteiger partial charge >= 0.3 is 0 Å². The molecule has 4 nitrogen and oxygen atoms in total. The summed E-state index contributed by atoms with van der Waals surface area (Å²) in [6.45, 7) is 4.11. The maximum absolute atomic E-state index is 12.7. The molecule has 2 aromatic carbocycles. The fourth-order valence-corrected chi connectivity index (χ4v) is 3.76. The lowest BCUT2D eigenvalue weighted by atomic mass is 10.1. The van der Waals surface area contributed by atoms with Crippen LogP contribution in [0.1, 0.15) is 11.1 Å². The molecule has 25 heavy (non-hydrogen) atoms. The fourth-order valence-electron chi connectivity index (χ4n) is 3.54. The first-order chi connectivity index (χ1) is 12.2. The minimum atomic E-state index is -0.364. The zero-order chi connectivity index (χ0) is 17.2. The molecule has 0 spiro atoms. The molecule has 2 aliphatic heterocycles. The van der Waals surface area contributed by atoms with E-state index < -0.39 is 0 Å². The predicted octanol–water partition coefficient (Wildman–Crippen LogP) is 2.99. The number of piperazine rings is 1. The normalized spacial score (nSPS) is 20.2. The molecule has 0 N–H and O–H groups in total. The molecule has 1 fully saturated rings. The number of hydrogen-bond donors (Lipinski definition) is 0. The van der Waals surface area contributed by atoms with Crippen molar-refractivity contribution in [2.75, 3.05) is 26.2 Å². The summed E-state index contributed by atoms with van der Waals surface area (Å²) in [4.78, 5) is 17.0. The van der Waals surface area contributed by atoms with Gasteiger partial charge in [-0.25, -0.2) is 0 Å². The molecule has 5 heteroatoms. The molecule has 0 aliphatic carbocycles. The molecule has 0 aromatic heterocycles. The molecule has 0 saturated carbocycles. The zero-order valence-corrected chi connectivity index (χ0v) is 14.8. The lowest BCUT2D eigenvalue weighted by Gasteiger charge is -2.35. The Balaban J connectivity index is 1.31. The standard InChI is InChI=1S/C20H21ClN2O2/c21-17-6-3-4-15(12-17)14-22-8-10-23(11-9-22)20(24)19-13-16-5-1-2-7-18(16)25-19/h1-7,12,19H,8-11,13-14H2. The molecule has 4 rings (SSSR count). The first-order valence-electron chi connectivity index (χ1n) is 8.69. The Morgan fingerprint density at radius 3 is 2.64 bits per heavy atom. The first kappa shape index (κ1) is 16.4. The number of nitrogens with zero attached hydrogens (tertiary/aromatic N) is 2. The van der Waals surface area contributed by atoms with Crippen molar-refractivity contribution in [2.45, 2.75) is 19.1 Å². The number of carbonyl (C=O) groups excluding carboxylic acids is 1. The Kier molecular flexibility index (Phi) is 4.64. The van der Waals surface area contributed by atoms with Gasteiger partial charge in [0.25, 0.3) is 5.91 Å². The number of halogens is 1. The second-order valence-electron chi connectivity index (χ2n) is 6.65. The Labute approximate surface area is 152 Å². The topological polar surface area (TPSA) is 32.8 Å². The highest BCUT2D eigenvalue weighted by molar-refractivity contribution is 6.30. The van der Waals surface area contributed by atoms with E-state index >= 15 is 0 Å². The molecular weight excluding hydrogens is 336 g/mol. The van der Waals surface area contributed by atoms with Gasteiger partial charge in [-0.05, 0) is 29.3 Å². The van der Waals surface area contributed by atoms with Crippen molar-refractivity contribution in [3.63, 3.8) is 0 Å². The van der Waals surface area contributed by atoms with Crippen molar-refractivity contribution in [3.05, 3.63) is 64.7 Å². The second kappa shape index (κ2) is 7.06. The monoisotopic (exact) mass is 356 g/mol. The van der Waals surface area contributed by atoms with Crippen molar-refractivity contribution >= 4 is 17.5 Å². The summed E-state index contributed by atoms with van der Waals surface area (Å²) in [5.41, 5.74) is 2.34. The van der Waals surface area contributed by atoms with Gasteiger partial charge in [-0.2, -0.15) is 0 Å². The van der Waals surface area contributed by atoms with Crippen molar-refractivity contribution in [1.29, 1.82) is 0 Å². The van der Waals surface area contributed by atoms with Gasteiger partial charge in [0.1, 0.15) is 5.75 Å². The number of ether oxygens (including phenoxy) is 1. The molecule has 130 valence electrons.